The zero-order valence-corrected chi connectivity index (χ0v) is 17.3. The summed E-state index contributed by atoms with van der Waals surface area (Å²) in [6.07, 6.45) is 0.0942. The number of carbonyl (C=O) groups is 1. The molecule has 160 valence electrons. The lowest BCUT2D eigenvalue weighted by Gasteiger charge is -2.37. The van der Waals surface area contributed by atoms with Crippen molar-refractivity contribution in [2.24, 2.45) is 0 Å². The molecule has 0 bridgehead atoms. The smallest absolute Gasteiger partial charge is 0.246 e. The molecule has 0 aliphatic carbocycles. The van der Waals surface area contributed by atoms with Crippen LogP contribution < -0.4 is 25.0 Å². The van der Waals surface area contributed by atoms with Gasteiger partial charge in [-0.1, -0.05) is 0 Å². The summed E-state index contributed by atoms with van der Waals surface area (Å²) in [5.74, 6) is 0.676. The van der Waals surface area contributed by atoms with E-state index in [1.54, 1.807) is 37.3 Å². The van der Waals surface area contributed by atoms with Gasteiger partial charge in [0.1, 0.15) is 11.9 Å². The van der Waals surface area contributed by atoms with Crippen LogP contribution in [0, 0.1) is 5.82 Å². The molecule has 4 rings (SSSR count). The molecule has 3 atom stereocenters. The van der Waals surface area contributed by atoms with E-state index in [2.05, 4.69) is 10.6 Å². The molecule has 2 aromatic rings. The first-order chi connectivity index (χ1) is 14.4. The third-order valence-electron chi connectivity index (χ3n) is 5.12. The number of morpholine rings is 1. The summed E-state index contributed by atoms with van der Waals surface area (Å²) in [4.78, 5) is 14.5. The Morgan fingerprint density at radius 1 is 1.07 bits per heavy atom. The summed E-state index contributed by atoms with van der Waals surface area (Å²) in [6.45, 7) is 7.15. The van der Waals surface area contributed by atoms with Crippen molar-refractivity contribution in [2.45, 2.75) is 39.0 Å². The lowest BCUT2D eigenvalue weighted by molar-refractivity contribution is -0.116. The third kappa shape index (κ3) is 4.43. The van der Waals surface area contributed by atoms with Crippen LogP contribution in [0.15, 0.2) is 36.4 Å². The Balaban J connectivity index is 1.38. The van der Waals surface area contributed by atoms with Crippen LogP contribution in [0.3, 0.4) is 0 Å². The number of ether oxygens (including phenoxy) is 3. The van der Waals surface area contributed by atoms with Crippen molar-refractivity contribution in [3.63, 3.8) is 0 Å². The highest BCUT2D eigenvalue weighted by Crippen LogP contribution is 2.34. The number of nitrogens with zero attached hydrogens (tertiary/aromatic N) is 1. The second kappa shape index (κ2) is 8.39. The van der Waals surface area contributed by atoms with Crippen molar-refractivity contribution in [3.05, 3.63) is 42.2 Å². The van der Waals surface area contributed by atoms with Crippen LogP contribution >= 0.6 is 0 Å². The first kappa shape index (κ1) is 20.3. The zero-order valence-electron chi connectivity index (χ0n) is 17.3. The van der Waals surface area contributed by atoms with E-state index in [-0.39, 0.29) is 30.7 Å². The van der Waals surface area contributed by atoms with Crippen molar-refractivity contribution >= 4 is 23.0 Å². The largest absolute Gasteiger partial charge is 0.454 e. The Morgan fingerprint density at radius 3 is 2.50 bits per heavy atom. The lowest BCUT2D eigenvalue weighted by Crippen LogP contribution is -2.45. The second-order valence-corrected chi connectivity index (χ2v) is 7.75. The standard InChI is InChI=1S/C22H26FN3O4/c1-13-10-26(11-14(2)30-13)19-6-4-16(8-18(19)23)24-15(3)22(27)25-17-5-7-20-21(9-17)29-12-28-20/h4-9,13-15,24H,10-12H2,1-3H3,(H,25,27)/t13-,14-,15-/m1/s1. The normalized spacial score (nSPS) is 21.3. The quantitative estimate of drug-likeness (QED) is 0.778. The zero-order chi connectivity index (χ0) is 21.3. The maximum Gasteiger partial charge on any atom is 0.246 e. The molecule has 2 N–H and O–H groups in total. The van der Waals surface area contributed by atoms with Gasteiger partial charge in [-0.15, -0.1) is 0 Å². The molecule has 8 heteroatoms. The maximum atomic E-state index is 14.8. The molecule has 1 saturated heterocycles. The lowest BCUT2D eigenvalue weighted by atomic mass is 10.1. The minimum Gasteiger partial charge on any atom is -0.454 e. The number of benzene rings is 2. The SMILES string of the molecule is C[C@@H]1CN(c2ccc(N[C@H](C)C(=O)Nc3ccc4c(c3)OCO4)cc2F)C[C@@H](C)O1. The number of anilines is 3. The summed E-state index contributed by atoms with van der Waals surface area (Å²) in [5, 5.41) is 5.88. The number of hydrogen-bond acceptors (Lipinski definition) is 6. The molecule has 7 nitrogen and oxygen atoms in total. The van der Waals surface area contributed by atoms with Gasteiger partial charge in [0.25, 0.3) is 0 Å². The van der Waals surface area contributed by atoms with Crippen LogP contribution in [-0.2, 0) is 9.53 Å². The number of nitrogens with one attached hydrogen (secondary N) is 2. The number of hydrogen-bond donors (Lipinski definition) is 2. The summed E-state index contributed by atoms with van der Waals surface area (Å²) in [5.41, 5.74) is 1.69. The predicted octanol–water partition coefficient (Wildman–Crippen LogP) is 3.61. The van der Waals surface area contributed by atoms with Crippen LogP contribution in [0.2, 0.25) is 0 Å². The van der Waals surface area contributed by atoms with E-state index in [1.165, 1.54) is 6.07 Å². The van der Waals surface area contributed by atoms with Gasteiger partial charge in [0.15, 0.2) is 11.5 Å². The highest BCUT2D eigenvalue weighted by Gasteiger charge is 2.24. The van der Waals surface area contributed by atoms with Crippen molar-refractivity contribution < 1.29 is 23.4 Å². The summed E-state index contributed by atoms with van der Waals surface area (Å²) in [7, 11) is 0. The van der Waals surface area contributed by atoms with Gasteiger partial charge < -0.3 is 29.7 Å². The molecule has 1 fully saturated rings. The van der Waals surface area contributed by atoms with E-state index in [9.17, 15) is 9.18 Å². The summed E-state index contributed by atoms with van der Waals surface area (Å²) in [6, 6.07) is 9.59. The number of carbonyl (C=O) groups excluding carboxylic acids is 1. The van der Waals surface area contributed by atoms with Crippen LogP contribution in [0.1, 0.15) is 20.8 Å². The maximum absolute atomic E-state index is 14.8. The molecular weight excluding hydrogens is 389 g/mol. The number of fused-ring (bicyclic) bond motifs is 1. The third-order valence-corrected chi connectivity index (χ3v) is 5.12. The van der Waals surface area contributed by atoms with E-state index in [0.717, 1.165) is 0 Å². The average molecular weight is 415 g/mol. The van der Waals surface area contributed by atoms with E-state index in [4.69, 9.17) is 14.2 Å². The molecule has 0 radical (unpaired) electrons. The second-order valence-electron chi connectivity index (χ2n) is 7.75. The van der Waals surface area contributed by atoms with E-state index < -0.39 is 6.04 Å². The van der Waals surface area contributed by atoms with Gasteiger partial charge in [0.2, 0.25) is 12.7 Å². The van der Waals surface area contributed by atoms with Gasteiger partial charge >= 0.3 is 0 Å². The van der Waals surface area contributed by atoms with E-state index in [0.29, 0.717) is 41.7 Å². The van der Waals surface area contributed by atoms with Crippen LogP contribution in [-0.4, -0.2) is 44.0 Å². The fraction of sp³-hybridized carbons (Fsp3) is 0.409. The highest BCUT2D eigenvalue weighted by molar-refractivity contribution is 5.96. The summed E-state index contributed by atoms with van der Waals surface area (Å²) < 4.78 is 31.1. The number of halogens is 1. The Labute approximate surface area is 175 Å². The molecule has 30 heavy (non-hydrogen) atoms. The molecule has 0 aromatic heterocycles. The van der Waals surface area contributed by atoms with Gasteiger partial charge in [0.05, 0.1) is 17.9 Å². The van der Waals surface area contributed by atoms with Crippen LogP contribution in [0.4, 0.5) is 21.5 Å². The van der Waals surface area contributed by atoms with Gasteiger partial charge in [-0.25, -0.2) is 4.39 Å². The molecule has 2 heterocycles. The minimum absolute atomic E-state index is 0.0471. The molecule has 0 saturated carbocycles. The Kier molecular flexibility index (Phi) is 5.67. The van der Waals surface area contributed by atoms with Crippen LogP contribution in [0.25, 0.3) is 0 Å². The minimum atomic E-state index is -0.566. The summed E-state index contributed by atoms with van der Waals surface area (Å²) >= 11 is 0. The molecule has 2 aromatic carbocycles. The monoisotopic (exact) mass is 415 g/mol. The van der Waals surface area contributed by atoms with Gasteiger partial charge in [-0.2, -0.15) is 0 Å². The van der Waals surface area contributed by atoms with Crippen molar-refractivity contribution in [1.82, 2.24) is 0 Å². The van der Waals surface area contributed by atoms with Gasteiger partial charge in [-0.05, 0) is 51.1 Å². The average Bonchev–Trinajstić information content (AvgIpc) is 3.15. The fourth-order valence-electron chi connectivity index (χ4n) is 3.77. The Hall–Kier alpha value is -3.00. The highest BCUT2D eigenvalue weighted by atomic mass is 19.1. The first-order valence-electron chi connectivity index (χ1n) is 10.1. The van der Waals surface area contributed by atoms with E-state index >= 15 is 0 Å². The Bertz CT molecular complexity index is 929. The topological polar surface area (TPSA) is 72.1 Å². The number of rotatable bonds is 5. The van der Waals surface area contributed by atoms with Gasteiger partial charge in [0, 0.05) is 30.5 Å². The molecular formula is C22H26FN3O4. The Morgan fingerprint density at radius 2 is 1.77 bits per heavy atom. The molecule has 1 amide bonds. The molecule has 0 spiro atoms. The van der Waals surface area contributed by atoms with Crippen molar-refractivity contribution in [3.8, 4) is 11.5 Å². The van der Waals surface area contributed by atoms with Crippen molar-refractivity contribution in [2.75, 3.05) is 35.4 Å². The molecule has 0 unspecified atom stereocenters. The molecule has 2 aliphatic heterocycles. The predicted molar refractivity (Wildman–Crippen MR) is 113 cm³/mol. The first-order valence-corrected chi connectivity index (χ1v) is 10.1. The fourth-order valence-corrected chi connectivity index (χ4v) is 3.77. The molecule has 2 aliphatic rings. The van der Waals surface area contributed by atoms with Gasteiger partial charge in [-0.3, -0.25) is 4.79 Å². The van der Waals surface area contributed by atoms with E-state index in [1.807, 2.05) is 18.7 Å². The van der Waals surface area contributed by atoms with Crippen LogP contribution in [0.5, 0.6) is 11.5 Å². The number of amides is 1. The van der Waals surface area contributed by atoms with Crippen molar-refractivity contribution in [1.29, 1.82) is 0 Å².